The lowest BCUT2D eigenvalue weighted by Crippen LogP contribution is -2.35. The van der Waals surface area contributed by atoms with Crippen LogP contribution in [0.3, 0.4) is 0 Å². The van der Waals surface area contributed by atoms with E-state index in [1.807, 2.05) is 11.8 Å². The quantitative estimate of drug-likeness (QED) is 0.842. The van der Waals surface area contributed by atoms with Gasteiger partial charge in [-0.15, -0.1) is 0 Å². The number of ether oxygens (including phenoxy) is 1. The topological polar surface area (TPSA) is 55.5 Å². The van der Waals surface area contributed by atoms with Crippen molar-refractivity contribution in [3.8, 4) is 11.5 Å². The van der Waals surface area contributed by atoms with E-state index in [1.165, 1.54) is 12.2 Å². The van der Waals surface area contributed by atoms with E-state index in [-0.39, 0.29) is 11.8 Å². The van der Waals surface area contributed by atoms with E-state index in [4.69, 9.17) is 15.6 Å². The van der Waals surface area contributed by atoms with Crippen molar-refractivity contribution >= 4 is 11.8 Å². The summed E-state index contributed by atoms with van der Waals surface area (Å²) < 4.78 is 5.59. The molecule has 1 aliphatic rings. The molecule has 0 aliphatic carbocycles. The van der Waals surface area contributed by atoms with Gasteiger partial charge in [0.15, 0.2) is 0 Å². The fraction of sp³-hybridized carbons (Fsp3) is 0.500. The molecular weight excluding hydrogens is 222 g/mol. The van der Waals surface area contributed by atoms with Crippen LogP contribution in [0.25, 0.3) is 0 Å². The lowest BCUT2D eigenvalue weighted by atomic mass is 10.0. The fourth-order valence-electron chi connectivity index (χ4n) is 1.76. The van der Waals surface area contributed by atoms with Crippen LogP contribution < -0.4 is 10.5 Å². The first-order chi connectivity index (χ1) is 7.75. The summed E-state index contributed by atoms with van der Waals surface area (Å²) in [5, 5.41) is 9.12. The number of thioether (sulfide) groups is 1. The smallest absolute Gasteiger partial charge is 0.119 e. The Labute approximate surface area is 100.0 Å². The highest BCUT2D eigenvalue weighted by Crippen LogP contribution is 2.26. The molecule has 2 unspecified atom stereocenters. The van der Waals surface area contributed by atoms with Crippen LogP contribution in [0.1, 0.15) is 6.42 Å². The maximum atomic E-state index is 9.12. The van der Waals surface area contributed by atoms with Gasteiger partial charge in [-0.1, -0.05) is 0 Å². The molecular formula is C12H17NO2S. The first kappa shape index (κ1) is 11.6. The Morgan fingerprint density at radius 2 is 2.19 bits per heavy atom. The van der Waals surface area contributed by atoms with Crippen LogP contribution in [-0.4, -0.2) is 29.3 Å². The minimum absolute atomic E-state index is 0.115. The third-order valence-electron chi connectivity index (χ3n) is 2.85. The Kier molecular flexibility index (Phi) is 3.96. The van der Waals surface area contributed by atoms with Gasteiger partial charge in [-0.3, -0.25) is 0 Å². The SMILES string of the molecule is NC(COc1ccc(O)cc1)C1CCSC1. The van der Waals surface area contributed by atoms with Crippen LogP contribution in [-0.2, 0) is 0 Å². The van der Waals surface area contributed by atoms with Crippen LogP contribution in [0.4, 0.5) is 0 Å². The molecule has 0 saturated carbocycles. The Hall–Kier alpha value is -0.870. The van der Waals surface area contributed by atoms with Gasteiger partial charge in [0.05, 0.1) is 0 Å². The van der Waals surface area contributed by atoms with E-state index in [0.717, 1.165) is 11.5 Å². The van der Waals surface area contributed by atoms with Crippen LogP contribution >= 0.6 is 11.8 Å². The summed E-state index contributed by atoms with van der Waals surface area (Å²) >= 11 is 1.97. The van der Waals surface area contributed by atoms with Gasteiger partial charge in [-0.05, 0) is 48.1 Å². The molecule has 16 heavy (non-hydrogen) atoms. The lowest BCUT2D eigenvalue weighted by molar-refractivity contribution is 0.254. The molecule has 3 nitrogen and oxygen atoms in total. The molecule has 1 aromatic carbocycles. The van der Waals surface area contributed by atoms with Crippen molar-refractivity contribution in [2.24, 2.45) is 11.7 Å². The average molecular weight is 239 g/mol. The second-order valence-electron chi connectivity index (χ2n) is 4.09. The van der Waals surface area contributed by atoms with Crippen LogP contribution in [0.2, 0.25) is 0 Å². The third kappa shape index (κ3) is 3.06. The number of aromatic hydroxyl groups is 1. The Balaban J connectivity index is 1.80. The zero-order valence-electron chi connectivity index (χ0n) is 9.13. The molecule has 1 heterocycles. The number of phenolic OH excluding ortho intramolecular Hbond substituents is 1. The third-order valence-corrected chi connectivity index (χ3v) is 4.04. The Morgan fingerprint density at radius 3 is 2.81 bits per heavy atom. The molecule has 0 amide bonds. The summed E-state index contributed by atoms with van der Waals surface area (Å²) in [5.41, 5.74) is 6.07. The summed E-state index contributed by atoms with van der Waals surface area (Å²) in [4.78, 5) is 0. The molecule has 1 fully saturated rings. The van der Waals surface area contributed by atoms with Gasteiger partial charge in [-0.2, -0.15) is 11.8 Å². The number of rotatable bonds is 4. The molecule has 1 aromatic rings. The summed E-state index contributed by atoms with van der Waals surface area (Å²) in [6.07, 6.45) is 1.20. The van der Waals surface area contributed by atoms with Crippen LogP contribution in [0.15, 0.2) is 24.3 Å². The van der Waals surface area contributed by atoms with E-state index in [9.17, 15) is 0 Å². The van der Waals surface area contributed by atoms with Gasteiger partial charge < -0.3 is 15.6 Å². The Bertz CT molecular complexity index is 322. The van der Waals surface area contributed by atoms with E-state index in [2.05, 4.69) is 0 Å². The molecule has 1 aliphatic heterocycles. The normalized spacial score (nSPS) is 21.9. The molecule has 3 N–H and O–H groups in total. The predicted octanol–water partition coefficient (Wildman–Crippen LogP) is 1.85. The number of phenols is 1. The molecule has 0 spiro atoms. The highest BCUT2D eigenvalue weighted by atomic mass is 32.2. The summed E-state index contributed by atoms with van der Waals surface area (Å²) in [6.45, 7) is 0.552. The van der Waals surface area contributed by atoms with Crippen molar-refractivity contribution < 1.29 is 9.84 Å². The van der Waals surface area contributed by atoms with E-state index in [1.54, 1.807) is 24.3 Å². The van der Waals surface area contributed by atoms with Gasteiger partial charge >= 0.3 is 0 Å². The van der Waals surface area contributed by atoms with Crippen LogP contribution in [0, 0.1) is 5.92 Å². The van der Waals surface area contributed by atoms with Gasteiger partial charge in [0.1, 0.15) is 18.1 Å². The molecule has 1 saturated heterocycles. The number of hydrogen-bond acceptors (Lipinski definition) is 4. The van der Waals surface area contributed by atoms with Gasteiger partial charge in [0, 0.05) is 6.04 Å². The highest BCUT2D eigenvalue weighted by molar-refractivity contribution is 7.99. The van der Waals surface area contributed by atoms with Crippen LogP contribution in [0.5, 0.6) is 11.5 Å². The molecule has 0 radical (unpaired) electrons. The molecule has 2 atom stereocenters. The zero-order valence-corrected chi connectivity index (χ0v) is 9.95. The van der Waals surface area contributed by atoms with E-state index >= 15 is 0 Å². The minimum atomic E-state index is 0.115. The van der Waals surface area contributed by atoms with Gasteiger partial charge in [0.2, 0.25) is 0 Å². The maximum absolute atomic E-state index is 9.12. The Morgan fingerprint density at radius 1 is 1.44 bits per heavy atom. The summed E-state index contributed by atoms with van der Waals surface area (Å²) in [7, 11) is 0. The van der Waals surface area contributed by atoms with Crippen molar-refractivity contribution in [1.82, 2.24) is 0 Å². The summed E-state index contributed by atoms with van der Waals surface area (Å²) in [5.74, 6) is 3.97. The first-order valence-electron chi connectivity index (χ1n) is 5.51. The van der Waals surface area contributed by atoms with Crippen molar-refractivity contribution in [3.63, 3.8) is 0 Å². The molecule has 88 valence electrons. The van der Waals surface area contributed by atoms with Crippen molar-refractivity contribution in [3.05, 3.63) is 24.3 Å². The fourth-order valence-corrected chi connectivity index (χ4v) is 3.11. The van der Waals surface area contributed by atoms with Crippen molar-refractivity contribution in [1.29, 1.82) is 0 Å². The van der Waals surface area contributed by atoms with Crippen molar-refractivity contribution in [2.75, 3.05) is 18.1 Å². The van der Waals surface area contributed by atoms with Gasteiger partial charge in [0.25, 0.3) is 0 Å². The standard InChI is InChI=1S/C12H17NO2S/c13-12(9-5-6-16-8-9)7-15-11-3-1-10(14)2-4-11/h1-4,9,12,14H,5-8,13H2. The minimum Gasteiger partial charge on any atom is -0.508 e. The number of hydrogen-bond donors (Lipinski definition) is 2. The van der Waals surface area contributed by atoms with E-state index < -0.39 is 0 Å². The van der Waals surface area contributed by atoms with E-state index in [0.29, 0.717) is 12.5 Å². The second kappa shape index (κ2) is 5.46. The first-order valence-corrected chi connectivity index (χ1v) is 6.66. The van der Waals surface area contributed by atoms with Crippen molar-refractivity contribution in [2.45, 2.75) is 12.5 Å². The summed E-state index contributed by atoms with van der Waals surface area (Å²) in [6, 6.07) is 6.86. The molecule has 0 aromatic heterocycles. The zero-order chi connectivity index (χ0) is 11.4. The molecule has 0 bridgehead atoms. The lowest BCUT2D eigenvalue weighted by Gasteiger charge is -2.18. The predicted molar refractivity (Wildman–Crippen MR) is 67.0 cm³/mol. The van der Waals surface area contributed by atoms with Gasteiger partial charge in [-0.25, -0.2) is 0 Å². The maximum Gasteiger partial charge on any atom is 0.119 e. The highest BCUT2D eigenvalue weighted by Gasteiger charge is 2.22. The number of benzene rings is 1. The second-order valence-corrected chi connectivity index (χ2v) is 5.24. The molecule has 2 rings (SSSR count). The largest absolute Gasteiger partial charge is 0.508 e. The number of nitrogens with two attached hydrogens (primary N) is 1. The molecule has 4 heteroatoms. The monoisotopic (exact) mass is 239 g/mol. The average Bonchev–Trinajstić information content (AvgIpc) is 2.81.